The van der Waals surface area contributed by atoms with Crippen LogP contribution in [-0.2, 0) is 6.42 Å². The first-order valence-electron chi connectivity index (χ1n) is 6.33. The first-order valence-corrected chi connectivity index (χ1v) is 6.33. The quantitative estimate of drug-likeness (QED) is 0.829. The van der Waals surface area contributed by atoms with E-state index in [1.165, 1.54) is 0 Å². The lowest BCUT2D eigenvalue weighted by Gasteiger charge is -2.13. The van der Waals surface area contributed by atoms with Crippen LogP contribution in [0.4, 0.5) is 0 Å². The predicted molar refractivity (Wildman–Crippen MR) is 67.0 cm³/mol. The normalized spacial score (nSPS) is 13.4. The van der Waals surface area contributed by atoms with Gasteiger partial charge in [0.05, 0.1) is 5.69 Å². The van der Waals surface area contributed by atoms with Gasteiger partial charge in [-0.3, -0.25) is 4.68 Å². The Labute approximate surface area is 98.5 Å². The Balaban J connectivity index is 3.19. The second-order valence-electron chi connectivity index (χ2n) is 4.79. The highest BCUT2D eigenvalue weighted by atomic mass is 16.3. The molecule has 0 aliphatic heterocycles. The number of hydrogen-bond donors (Lipinski definition) is 1. The minimum atomic E-state index is 0.279. The molecule has 1 heterocycles. The fourth-order valence-electron chi connectivity index (χ4n) is 1.88. The van der Waals surface area contributed by atoms with Gasteiger partial charge >= 0.3 is 0 Å². The molecule has 0 fully saturated rings. The van der Waals surface area contributed by atoms with Crippen LogP contribution in [0.3, 0.4) is 0 Å². The number of nitrogens with zero attached hydrogens (tertiary/aromatic N) is 2. The van der Waals surface area contributed by atoms with E-state index in [0.29, 0.717) is 11.8 Å². The molecule has 1 aromatic heterocycles. The molecule has 3 heteroatoms. The van der Waals surface area contributed by atoms with Crippen molar-refractivity contribution in [2.75, 3.05) is 0 Å². The largest absolute Gasteiger partial charge is 0.504 e. The summed E-state index contributed by atoms with van der Waals surface area (Å²) in [5.74, 6) is 0.693. The first-order chi connectivity index (χ1) is 7.52. The van der Waals surface area contributed by atoms with Gasteiger partial charge in [-0.15, -0.1) is 0 Å². The third-order valence-corrected chi connectivity index (χ3v) is 3.05. The van der Waals surface area contributed by atoms with Gasteiger partial charge in [-0.05, 0) is 19.8 Å². The van der Waals surface area contributed by atoms with Crippen LogP contribution in [0, 0.1) is 0 Å². The topological polar surface area (TPSA) is 38.1 Å². The lowest BCUT2D eigenvalue weighted by Crippen LogP contribution is -2.10. The van der Waals surface area contributed by atoms with E-state index < -0.39 is 0 Å². The smallest absolute Gasteiger partial charge is 0.160 e. The zero-order valence-electron chi connectivity index (χ0n) is 11.1. The summed E-state index contributed by atoms with van der Waals surface area (Å²) in [5, 5.41) is 14.7. The Bertz CT molecular complexity index is 342. The summed E-state index contributed by atoms with van der Waals surface area (Å²) in [6.45, 7) is 10.6. The lowest BCUT2D eigenvalue weighted by atomic mass is 10.1. The van der Waals surface area contributed by atoms with E-state index in [1.54, 1.807) is 0 Å². The molecule has 0 amide bonds. The minimum absolute atomic E-state index is 0.279. The van der Waals surface area contributed by atoms with Gasteiger partial charge in [0, 0.05) is 12.0 Å². The summed E-state index contributed by atoms with van der Waals surface area (Å²) in [5.41, 5.74) is 1.84. The third-order valence-electron chi connectivity index (χ3n) is 3.05. The summed E-state index contributed by atoms with van der Waals surface area (Å²) in [6, 6.07) is 0.361. The molecule has 1 unspecified atom stereocenters. The fourth-order valence-corrected chi connectivity index (χ4v) is 1.88. The molecule has 1 aromatic rings. The maximum Gasteiger partial charge on any atom is 0.160 e. The van der Waals surface area contributed by atoms with Crippen molar-refractivity contribution in [3.8, 4) is 5.75 Å². The monoisotopic (exact) mass is 224 g/mol. The standard InChI is InChI=1S/C13H24N2O/c1-6-8-11-13(16)12(9(3)4)14-15(11)10(5)7-2/h9-10,16H,6-8H2,1-5H3. The van der Waals surface area contributed by atoms with Crippen molar-refractivity contribution in [1.82, 2.24) is 9.78 Å². The number of aromatic hydroxyl groups is 1. The molecule has 0 spiro atoms. The number of aromatic nitrogens is 2. The number of rotatable bonds is 5. The highest BCUT2D eigenvalue weighted by molar-refractivity contribution is 5.34. The van der Waals surface area contributed by atoms with E-state index in [2.05, 4.69) is 39.7 Å². The zero-order valence-corrected chi connectivity index (χ0v) is 11.1. The van der Waals surface area contributed by atoms with Crippen molar-refractivity contribution in [1.29, 1.82) is 0 Å². The van der Waals surface area contributed by atoms with E-state index >= 15 is 0 Å². The fraction of sp³-hybridized carbons (Fsp3) is 0.769. The molecule has 1 rings (SSSR count). The van der Waals surface area contributed by atoms with Crippen LogP contribution in [0.25, 0.3) is 0 Å². The van der Waals surface area contributed by atoms with Crippen molar-refractivity contribution >= 4 is 0 Å². The Morgan fingerprint density at radius 2 is 1.88 bits per heavy atom. The van der Waals surface area contributed by atoms with E-state index in [1.807, 2.05) is 4.68 Å². The molecule has 0 aromatic carbocycles. The van der Waals surface area contributed by atoms with Crippen molar-refractivity contribution in [3.63, 3.8) is 0 Å². The summed E-state index contributed by atoms with van der Waals surface area (Å²) < 4.78 is 2.01. The van der Waals surface area contributed by atoms with Crippen LogP contribution < -0.4 is 0 Å². The van der Waals surface area contributed by atoms with Crippen LogP contribution in [-0.4, -0.2) is 14.9 Å². The van der Waals surface area contributed by atoms with Crippen LogP contribution in [0.1, 0.15) is 70.8 Å². The Morgan fingerprint density at radius 3 is 2.31 bits per heavy atom. The van der Waals surface area contributed by atoms with E-state index in [0.717, 1.165) is 30.7 Å². The van der Waals surface area contributed by atoms with Crippen LogP contribution in [0.5, 0.6) is 5.75 Å². The predicted octanol–water partition coefficient (Wildman–Crippen LogP) is 3.64. The average molecular weight is 224 g/mol. The second kappa shape index (κ2) is 5.37. The summed E-state index contributed by atoms with van der Waals surface area (Å²) >= 11 is 0. The third kappa shape index (κ3) is 2.39. The Morgan fingerprint density at radius 1 is 1.25 bits per heavy atom. The van der Waals surface area contributed by atoms with Gasteiger partial charge < -0.3 is 5.11 Å². The Kier molecular flexibility index (Phi) is 4.39. The van der Waals surface area contributed by atoms with Gasteiger partial charge in [-0.1, -0.05) is 34.1 Å². The lowest BCUT2D eigenvalue weighted by molar-refractivity contribution is 0.435. The van der Waals surface area contributed by atoms with E-state index in [-0.39, 0.29) is 5.92 Å². The second-order valence-corrected chi connectivity index (χ2v) is 4.79. The van der Waals surface area contributed by atoms with Crippen LogP contribution in [0.15, 0.2) is 0 Å². The van der Waals surface area contributed by atoms with Gasteiger partial charge in [0.2, 0.25) is 0 Å². The summed E-state index contributed by atoms with van der Waals surface area (Å²) in [6.07, 6.45) is 2.97. The van der Waals surface area contributed by atoms with E-state index in [9.17, 15) is 5.11 Å². The summed E-state index contributed by atoms with van der Waals surface area (Å²) in [7, 11) is 0. The number of hydrogen-bond acceptors (Lipinski definition) is 2. The van der Waals surface area contributed by atoms with Gasteiger partial charge in [-0.2, -0.15) is 5.10 Å². The molecule has 0 aliphatic rings. The average Bonchev–Trinajstić information content (AvgIpc) is 2.57. The first kappa shape index (κ1) is 13.1. The molecule has 0 bridgehead atoms. The van der Waals surface area contributed by atoms with Crippen LogP contribution >= 0.6 is 0 Å². The van der Waals surface area contributed by atoms with Crippen molar-refractivity contribution in [2.45, 2.75) is 65.8 Å². The van der Waals surface area contributed by atoms with Crippen molar-refractivity contribution in [2.24, 2.45) is 0 Å². The Hall–Kier alpha value is -0.990. The molecule has 3 nitrogen and oxygen atoms in total. The minimum Gasteiger partial charge on any atom is -0.504 e. The molecule has 16 heavy (non-hydrogen) atoms. The molecule has 0 saturated heterocycles. The summed E-state index contributed by atoms with van der Waals surface area (Å²) in [4.78, 5) is 0. The van der Waals surface area contributed by atoms with Crippen molar-refractivity contribution in [3.05, 3.63) is 11.4 Å². The maximum atomic E-state index is 10.2. The molecule has 0 saturated carbocycles. The van der Waals surface area contributed by atoms with Gasteiger partial charge in [0.1, 0.15) is 5.69 Å². The maximum absolute atomic E-state index is 10.2. The molecular formula is C13H24N2O. The highest BCUT2D eigenvalue weighted by Gasteiger charge is 2.20. The molecular weight excluding hydrogens is 200 g/mol. The molecule has 1 atom stereocenters. The molecule has 0 aliphatic carbocycles. The van der Waals surface area contributed by atoms with E-state index in [4.69, 9.17) is 0 Å². The highest BCUT2D eigenvalue weighted by Crippen LogP contribution is 2.31. The molecule has 92 valence electrons. The zero-order chi connectivity index (χ0) is 12.3. The van der Waals surface area contributed by atoms with Crippen molar-refractivity contribution < 1.29 is 5.11 Å². The van der Waals surface area contributed by atoms with Gasteiger partial charge in [0.25, 0.3) is 0 Å². The molecule has 0 radical (unpaired) electrons. The SMILES string of the molecule is CCCc1c(O)c(C(C)C)nn1C(C)CC. The molecule has 1 N–H and O–H groups in total. The van der Waals surface area contributed by atoms with Gasteiger partial charge in [-0.25, -0.2) is 0 Å². The van der Waals surface area contributed by atoms with Gasteiger partial charge in [0.15, 0.2) is 5.75 Å². The van der Waals surface area contributed by atoms with Crippen LogP contribution in [0.2, 0.25) is 0 Å².